The fourth-order valence-corrected chi connectivity index (χ4v) is 3.94. The summed E-state index contributed by atoms with van der Waals surface area (Å²) in [5.41, 5.74) is 4.84. The number of hydrogen-bond acceptors (Lipinski definition) is 7. The number of allylic oxidation sites excluding steroid dienone is 1. The number of anilines is 2. The Kier molecular flexibility index (Phi) is 5.09. The van der Waals surface area contributed by atoms with Crippen LogP contribution >= 0.6 is 0 Å². The molecule has 2 aliphatic rings. The minimum Gasteiger partial charge on any atom is -0.497 e. The number of nitrogens with one attached hydrogen (secondary N) is 3. The van der Waals surface area contributed by atoms with E-state index in [0.29, 0.717) is 17.9 Å². The summed E-state index contributed by atoms with van der Waals surface area (Å²) in [6, 6.07) is 7.89. The van der Waals surface area contributed by atoms with Gasteiger partial charge in [0, 0.05) is 44.4 Å². The van der Waals surface area contributed by atoms with Gasteiger partial charge in [0.15, 0.2) is 5.82 Å². The number of ether oxygens (including phenoxy) is 1. The number of aromatic amines is 1. The normalized spacial score (nSPS) is 15.4. The molecule has 3 heterocycles. The van der Waals surface area contributed by atoms with Crippen molar-refractivity contribution < 1.29 is 9.53 Å². The molecule has 3 N–H and O–H groups in total. The fraction of sp³-hybridized carbons (Fsp3) is 0.273. The Morgan fingerprint density at radius 1 is 1.23 bits per heavy atom. The number of H-pyrrole nitrogens is 1. The molecule has 1 aliphatic heterocycles. The summed E-state index contributed by atoms with van der Waals surface area (Å²) in [6.07, 6.45) is 6.15. The van der Waals surface area contributed by atoms with Crippen molar-refractivity contribution in [1.29, 1.82) is 0 Å². The van der Waals surface area contributed by atoms with Gasteiger partial charge in [0.05, 0.1) is 24.7 Å². The third kappa shape index (κ3) is 3.87. The molecule has 158 valence electrons. The molecule has 0 saturated carbocycles. The summed E-state index contributed by atoms with van der Waals surface area (Å²) < 4.78 is 5.29. The first kappa shape index (κ1) is 19.3. The van der Waals surface area contributed by atoms with E-state index in [-0.39, 0.29) is 11.7 Å². The number of amides is 1. The topological polar surface area (TPSA) is 108 Å². The van der Waals surface area contributed by atoms with Crippen LogP contribution in [0.2, 0.25) is 0 Å². The molecule has 9 nitrogen and oxygen atoms in total. The molecule has 0 spiro atoms. The third-order valence-corrected chi connectivity index (χ3v) is 5.56. The van der Waals surface area contributed by atoms with Crippen LogP contribution in [-0.2, 0) is 6.42 Å². The van der Waals surface area contributed by atoms with Crippen molar-refractivity contribution in [2.24, 2.45) is 0 Å². The predicted octanol–water partition coefficient (Wildman–Crippen LogP) is 1.97. The minimum absolute atomic E-state index is 0.166. The monoisotopic (exact) mass is 417 g/mol. The Morgan fingerprint density at radius 2 is 2.10 bits per heavy atom. The Balaban J connectivity index is 1.33. The lowest BCUT2D eigenvalue weighted by Gasteiger charge is -2.30. The van der Waals surface area contributed by atoms with Crippen LogP contribution in [0.15, 0.2) is 36.7 Å². The van der Waals surface area contributed by atoms with E-state index in [1.165, 1.54) is 5.56 Å². The van der Waals surface area contributed by atoms with E-state index in [2.05, 4.69) is 35.7 Å². The highest BCUT2D eigenvalue weighted by Gasteiger charge is 2.21. The standard InChI is InChI=1S/C22H23N7O2/c1-31-17-3-2-14-10-16(11-15(14)12-17)20-26-21(28-27-20)22(30)25-18-13-24-5-4-19(18)29-8-6-23-7-9-29/h2-5,11-13,23H,6-10H2,1H3,(H,25,30)(H,26,27,28). The summed E-state index contributed by atoms with van der Waals surface area (Å²) in [5, 5.41) is 13.3. The number of fused-ring (bicyclic) bond motifs is 1. The molecule has 5 rings (SSSR count). The molecule has 1 fully saturated rings. The molecule has 1 saturated heterocycles. The number of methoxy groups -OCH3 is 1. The zero-order valence-electron chi connectivity index (χ0n) is 17.2. The average Bonchev–Trinajstić information content (AvgIpc) is 3.47. The van der Waals surface area contributed by atoms with Crippen LogP contribution in [-0.4, -0.2) is 59.4 Å². The van der Waals surface area contributed by atoms with Gasteiger partial charge in [-0.3, -0.25) is 14.9 Å². The van der Waals surface area contributed by atoms with E-state index in [9.17, 15) is 4.79 Å². The number of piperazine rings is 1. The third-order valence-electron chi connectivity index (χ3n) is 5.56. The van der Waals surface area contributed by atoms with E-state index in [1.807, 2.05) is 30.3 Å². The van der Waals surface area contributed by atoms with Gasteiger partial charge in [0.25, 0.3) is 5.91 Å². The fourth-order valence-electron chi connectivity index (χ4n) is 3.94. The van der Waals surface area contributed by atoms with Crippen molar-refractivity contribution in [1.82, 2.24) is 25.5 Å². The molecular weight excluding hydrogens is 394 g/mol. The molecule has 3 aromatic rings. The van der Waals surface area contributed by atoms with Gasteiger partial charge in [-0.05, 0) is 35.4 Å². The van der Waals surface area contributed by atoms with E-state index >= 15 is 0 Å². The molecule has 1 aliphatic carbocycles. The second kappa shape index (κ2) is 8.19. The van der Waals surface area contributed by atoms with Crippen LogP contribution in [0.3, 0.4) is 0 Å². The van der Waals surface area contributed by atoms with Crippen LogP contribution in [0.4, 0.5) is 11.4 Å². The second-order valence-electron chi connectivity index (χ2n) is 7.50. The van der Waals surface area contributed by atoms with Crippen molar-refractivity contribution >= 4 is 28.9 Å². The number of aromatic nitrogens is 4. The maximum Gasteiger partial charge on any atom is 0.293 e. The molecule has 0 radical (unpaired) electrons. The maximum absolute atomic E-state index is 12.8. The van der Waals surface area contributed by atoms with Gasteiger partial charge in [-0.1, -0.05) is 6.07 Å². The van der Waals surface area contributed by atoms with Crippen LogP contribution in [0.25, 0.3) is 11.6 Å². The highest BCUT2D eigenvalue weighted by Crippen LogP contribution is 2.32. The molecule has 0 bridgehead atoms. The number of nitrogens with zero attached hydrogens (tertiary/aromatic N) is 4. The summed E-state index contributed by atoms with van der Waals surface area (Å²) in [5.74, 6) is 1.15. The lowest BCUT2D eigenvalue weighted by Crippen LogP contribution is -2.43. The highest BCUT2D eigenvalue weighted by atomic mass is 16.5. The summed E-state index contributed by atoms with van der Waals surface area (Å²) >= 11 is 0. The van der Waals surface area contributed by atoms with Gasteiger partial charge < -0.3 is 20.3 Å². The number of pyridine rings is 1. The van der Waals surface area contributed by atoms with Crippen molar-refractivity contribution in [3.8, 4) is 5.75 Å². The smallest absolute Gasteiger partial charge is 0.293 e. The number of rotatable bonds is 5. The molecule has 1 amide bonds. The predicted molar refractivity (Wildman–Crippen MR) is 118 cm³/mol. The van der Waals surface area contributed by atoms with Gasteiger partial charge in [-0.2, -0.15) is 5.10 Å². The molecule has 9 heteroatoms. The van der Waals surface area contributed by atoms with Crippen molar-refractivity contribution in [3.05, 3.63) is 59.4 Å². The van der Waals surface area contributed by atoms with Gasteiger partial charge in [0.2, 0.25) is 5.82 Å². The zero-order valence-corrected chi connectivity index (χ0v) is 17.2. The molecule has 0 unspecified atom stereocenters. The van der Waals surface area contributed by atoms with Gasteiger partial charge in [-0.15, -0.1) is 0 Å². The SMILES string of the molecule is COc1ccc2c(c1)C=C(c1n[nH]c(C(=O)Nc3cnccc3N3CCNCC3)n1)C2. The maximum atomic E-state index is 12.8. The Bertz CT molecular complexity index is 1150. The molecular formula is C22H23N7O2. The number of hydrogen-bond donors (Lipinski definition) is 3. The first-order valence-electron chi connectivity index (χ1n) is 10.2. The van der Waals surface area contributed by atoms with E-state index in [1.54, 1.807) is 19.5 Å². The zero-order chi connectivity index (χ0) is 21.2. The van der Waals surface area contributed by atoms with Gasteiger partial charge >= 0.3 is 0 Å². The van der Waals surface area contributed by atoms with E-state index in [4.69, 9.17) is 4.74 Å². The first-order valence-corrected chi connectivity index (χ1v) is 10.2. The Hall–Kier alpha value is -3.72. The highest BCUT2D eigenvalue weighted by molar-refractivity contribution is 6.03. The lowest BCUT2D eigenvalue weighted by molar-refractivity contribution is 0.101. The van der Waals surface area contributed by atoms with Crippen LogP contribution < -0.4 is 20.3 Å². The quantitative estimate of drug-likeness (QED) is 0.582. The lowest BCUT2D eigenvalue weighted by atomic mass is 10.1. The number of carbonyl (C=O) groups excluding carboxylic acids is 1. The molecule has 31 heavy (non-hydrogen) atoms. The van der Waals surface area contributed by atoms with Crippen molar-refractivity contribution in [2.75, 3.05) is 43.5 Å². The summed E-state index contributed by atoms with van der Waals surface area (Å²) in [7, 11) is 1.65. The van der Waals surface area contributed by atoms with Gasteiger partial charge in [-0.25, -0.2) is 4.98 Å². The van der Waals surface area contributed by atoms with Gasteiger partial charge in [0.1, 0.15) is 5.75 Å². The summed E-state index contributed by atoms with van der Waals surface area (Å²) in [6.45, 7) is 3.56. The van der Waals surface area contributed by atoms with Crippen LogP contribution in [0.5, 0.6) is 5.75 Å². The van der Waals surface area contributed by atoms with E-state index in [0.717, 1.165) is 48.8 Å². The number of benzene rings is 1. The van der Waals surface area contributed by atoms with Crippen molar-refractivity contribution in [3.63, 3.8) is 0 Å². The molecule has 0 atom stereocenters. The number of carbonyl (C=O) groups is 1. The second-order valence-corrected chi connectivity index (χ2v) is 7.50. The Labute approximate surface area is 179 Å². The first-order chi connectivity index (χ1) is 15.2. The summed E-state index contributed by atoms with van der Waals surface area (Å²) in [4.78, 5) is 23.7. The Morgan fingerprint density at radius 3 is 2.94 bits per heavy atom. The van der Waals surface area contributed by atoms with E-state index < -0.39 is 0 Å². The minimum atomic E-state index is -0.346. The van der Waals surface area contributed by atoms with Crippen LogP contribution in [0.1, 0.15) is 27.6 Å². The largest absolute Gasteiger partial charge is 0.497 e. The van der Waals surface area contributed by atoms with Crippen LogP contribution in [0, 0.1) is 0 Å². The molecule has 2 aromatic heterocycles. The average molecular weight is 417 g/mol. The molecule has 1 aromatic carbocycles. The van der Waals surface area contributed by atoms with Crippen molar-refractivity contribution in [2.45, 2.75) is 6.42 Å².